The van der Waals surface area contributed by atoms with Crippen LogP contribution in [-0.2, 0) is 10.0 Å². The fourth-order valence-corrected chi connectivity index (χ4v) is 4.03. The molecule has 3 N–H and O–H groups in total. The van der Waals surface area contributed by atoms with E-state index in [2.05, 4.69) is 16.6 Å². The Bertz CT molecular complexity index is 693. The maximum Gasteiger partial charge on any atom is 0.242 e. The molecule has 0 amide bonds. The fraction of sp³-hybridized carbons (Fsp3) is 0.500. The van der Waals surface area contributed by atoms with Crippen molar-refractivity contribution in [3.63, 3.8) is 0 Å². The SMILES string of the molecule is Cc1ccc(S(=O)(=O)NC(C)(C)C2CC2)c(C#CCN)c1. The highest BCUT2D eigenvalue weighted by Gasteiger charge is 2.40. The van der Waals surface area contributed by atoms with Crippen LogP contribution in [0.2, 0.25) is 0 Å². The van der Waals surface area contributed by atoms with Gasteiger partial charge in [0.25, 0.3) is 0 Å². The lowest BCUT2D eigenvalue weighted by atomic mass is 10.0. The molecule has 114 valence electrons. The zero-order valence-corrected chi connectivity index (χ0v) is 13.5. The van der Waals surface area contributed by atoms with Gasteiger partial charge in [0.05, 0.1) is 11.4 Å². The second-order valence-electron chi connectivity index (χ2n) is 6.11. The van der Waals surface area contributed by atoms with Gasteiger partial charge < -0.3 is 5.73 Å². The maximum absolute atomic E-state index is 12.7. The molecule has 1 aliphatic carbocycles. The zero-order valence-electron chi connectivity index (χ0n) is 12.7. The Morgan fingerprint density at radius 3 is 2.62 bits per heavy atom. The molecular formula is C16H22N2O2S. The smallest absolute Gasteiger partial charge is 0.242 e. The molecule has 0 radical (unpaired) electrons. The third-order valence-corrected chi connectivity index (χ3v) is 5.47. The molecular weight excluding hydrogens is 284 g/mol. The van der Waals surface area contributed by atoms with Gasteiger partial charge in [-0.05, 0) is 57.2 Å². The number of nitrogens with two attached hydrogens (primary N) is 1. The highest BCUT2D eigenvalue weighted by molar-refractivity contribution is 7.89. The number of hydrogen-bond acceptors (Lipinski definition) is 3. The first kappa shape index (κ1) is 16.0. The monoisotopic (exact) mass is 306 g/mol. The minimum Gasteiger partial charge on any atom is -0.320 e. The predicted octanol–water partition coefficient (Wildman–Crippen LogP) is 1.77. The summed E-state index contributed by atoms with van der Waals surface area (Å²) in [6.07, 6.45) is 2.15. The lowest BCUT2D eigenvalue weighted by Crippen LogP contribution is -2.45. The van der Waals surface area contributed by atoms with E-state index in [1.165, 1.54) is 0 Å². The van der Waals surface area contributed by atoms with Crippen molar-refractivity contribution >= 4 is 10.0 Å². The number of benzene rings is 1. The number of hydrogen-bond donors (Lipinski definition) is 2. The molecule has 1 aromatic rings. The first-order valence-corrected chi connectivity index (χ1v) is 8.58. The standard InChI is InChI=1S/C16H22N2O2S/c1-12-6-9-15(13(11-12)5-4-10-17)21(19,20)18-16(2,3)14-7-8-14/h6,9,11,14,18H,7-8,10,17H2,1-3H3. The van der Waals surface area contributed by atoms with Crippen LogP contribution in [0, 0.1) is 24.7 Å². The van der Waals surface area contributed by atoms with E-state index < -0.39 is 15.6 Å². The number of aryl methyl sites for hydroxylation is 1. The van der Waals surface area contributed by atoms with Gasteiger partial charge in [-0.3, -0.25) is 0 Å². The first-order chi connectivity index (χ1) is 9.76. The Morgan fingerprint density at radius 2 is 2.05 bits per heavy atom. The molecule has 0 unspecified atom stereocenters. The van der Waals surface area contributed by atoms with E-state index in [9.17, 15) is 8.42 Å². The minimum absolute atomic E-state index is 0.203. The number of sulfonamides is 1. The van der Waals surface area contributed by atoms with E-state index >= 15 is 0 Å². The summed E-state index contributed by atoms with van der Waals surface area (Å²) in [4.78, 5) is 0.225. The Morgan fingerprint density at radius 1 is 1.38 bits per heavy atom. The van der Waals surface area contributed by atoms with Crippen molar-refractivity contribution < 1.29 is 8.42 Å². The van der Waals surface area contributed by atoms with Gasteiger partial charge >= 0.3 is 0 Å². The molecule has 1 saturated carbocycles. The molecule has 1 fully saturated rings. The second kappa shape index (κ2) is 5.80. The third-order valence-electron chi connectivity index (χ3n) is 3.75. The highest BCUT2D eigenvalue weighted by Crippen LogP contribution is 2.40. The van der Waals surface area contributed by atoms with Crippen LogP contribution in [0.1, 0.15) is 37.8 Å². The van der Waals surface area contributed by atoms with E-state index in [1.807, 2.05) is 20.8 Å². The molecule has 0 aliphatic heterocycles. The Hall–Kier alpha value is -1.35. The van der Waals surface area contributed by atoms with Crippen molar-refractivity contribution in [2.75, 3.05) is 6.54 Å². The molecule has 4 nitrogen and oxygen atoms in total. The van der Waals surface area contributed by atoms with E-state index in [0.717, 1.165) is 18.4 Å². The van der Waals surface area contributed by atoms with Crippen molar-refractivity contribution in [3.05, 3.63) is 29.3 Å². The predicted molar refractivity (Wildman–Crippen MR) is 84.2 cm³/mol. The van der Waals surface area contributed by atoms with Gasteiger partial charge in [0.2, 0.25) is 10.0 Å². The highest BCUT2D eigenvalue weighted by atomic mass is 32.2. The summed E-state index contributed by atoms with van der Waals surface area (Å²) in [5.41, 5.74) is 6.43. The average molecular weight is 306 g/mol. The molecule has 0 heterocycles. The fourth-order valence-electron chi connectivity index (χ4n) is 2.41. The summed E-state index contributed by atoms with van der Waals surface area (Å²) >= 11 is 0. The van der Waals surface area contributed by atoms with Crippen molar-refractivity contribution in [2.24, 2.45) is 11.7 Å². The molecule has 0 saturated heterocycles. The van der Waals surface area contributed by atoms with Gasteiger partial charge in [0.15, 0.2) is 0 Å². The van der Waals surface area contributed by atoms with Crippen LogP contribution < -0.4 is 10.5 Å². The van der Waals surface area contributed by atoms with Crippen molar-refractivity contribution in [2.45, 2.75) is 44.0 Å². The summed E-state index contributed by atoms with van der Waals surface area (Å²) in [5.74, 6) is 6.00. The Labute approximate surface area is 127 Å². The molecule has 1 aromatic carbocycles. The van der Waals surface area contributed by atoms with Gasteiger partial charge in [-0.25, -0.2) is 13.1 Å². The average Bonchev–Trinajstić information content (AvgIpc) is 3.19. The summed E-state index contributed by atoms with van der Waals surface area (Å²) < 4.78 is 28.2. The van der Waals surface area contributed by atoms with Gasteiger partial charge in [-0.15, -0.1) is 0 Å². The lowest BCUT2D eigenvalue weighted by Gasteiger charge is -2.26. The van der Waals surface area contributed by atoms with E-state index in [1.54, 1.807) is 18.2 Å². The van der Waals surface area contributed by atoms with Crippen molar-refractivity contribution in [3.8, 4) is 11.8 Å². The second-order valence-corrected chi connectivity index (χ2v) is 7.76. The summed E-state index contributed by atoms with van der Waals surface area (Å²) in [7, 11) is -3.59. The summed E-state index contributed by atoms with van der Waals surface area (Å²) in [6, 6.07) is 5.18. The molecule has 0 spiro atoms. The van der Waals surface area contributed by atoms with E-state index in [0.29, 0.717) is 11.5 Å². The Kier molecular flexibility index (Phi) is 4.43. The van der Waals surface area contributed by atoms with Crippen molar-refractivity contribution in [1.82, 2.24) is 4.72 Å². The van der Waals surface area contributed by atoms with Crippen LogP contribution in [0.3, 0.4) is 0 Å². The van der Waals surface area contributed by atoms with Gasteiger partial charge in [0, 0.05) is 11.1 Å². The zero-order chi connectivity index (χ0) is 15.7. The van der Waals surface area contributed by atoms with Crippen LogP contribution >= 0.6 is 0 Å². The molecule has 0 atom stereocenters. The van der Waals surface area contributed by atoms with Crippen LogP contribution in [0.25, 0.3) is 0 Å². The van der Waals surface area contributed by atoms with Crippen molar-refractivity contribution in [1.29, 1.82) is 0 Å². The summed E-state index contributed by atoms with van der Waals surface area (Å²) in [6.45, 7) is 5.98. The maximum atomic E-state index is 12.7. The molecule has 0 aromatic heterocycles. The van der Waals surface area contributed by atoms with E-state index in [4.69, 9.17) is 5.73 Å². The Balaban J connectivity index is 2.39. The molecule has 0 bridgehead atoms. The third kappa shape index (κ3) is 3.85. The number of nitrogens with one attached hydrogen (secondary N) is 1. The van der Waals surface area contributed by atoms with Gasteiger partial charge in [0.1, 0.15) is 0 Å². The van der Waals surface area contributed by atoms with Crippen LogP contribution in [0.5, 0.6) is 0 Å². The molecule has 2 rings (SSSR count). The molecule has 21 heavy (non-hydrogen) atoms. The number of rotatable bonds is 4. The first-order valence-electron chi connectivity index (χ1n) is 7.10. The quantitative estimate of drug-likeness (QED) is 0.833. The van der Waals surface area contributed by atoms with Gasteiger partial charge in [-0.2, -0.15) is 0 Å². The van der Waals surface area contributed by atoms with Crippen LogP contribution in [0.4, 0.5) is 0 Å². The summed E-state index contributed by atoms with van der Waals surface area (Å²) in [5, 5.41) is 0. The van der Waals surface area contributed by atoms with E-state index in [-0.39, 0.29) is 11.4 Å². The van der Waals surface area contributed by atoms with Crippen LogP contribution in [-0.4, -0.2) is 20.5 Å². The topological polar surface area (TPSA) is 72.2 Å². The van der Waals surface area contributed by atoms with Gasteiger partial charge in [-0.1, -0.05) is 17.9 Å². The van der Waals surface area contributed by atoms with Crippen LogP contribution in [0.15, 0.2) is 23.1 Å². The molecule has 5 heteroatoms. The minimum atomic E-state index is -3.59. The normalized spacial score (nSPS) is 15.4. The molecule has 1 aliphatic rings. The lowest BCUT2D eigenvalue weighted by molar-refractivity contribution is 0.400. The largest absolute Gasteiger partial charge is 0.320 e.